The first-order valence-electron chi connectivity index (χ1n) is 11.5. The summed E-state index contributed by atoms with van der Waals surface area (Å²) in [5.41, 5.74) is 0.647. The first-order valence-corrected chi connectivity index (χ1v) is 11.5. The van der Waals surface area contributed by atoms with Gasteiger partial charge in [-0.05, 0) is 93.4 Å². The summed E-state index contributed by atoms with van der Waals surface area (Å²) >= 11 is 0. The fourth-order valence-electron chi connectivity index (χ4n) is 7.19. The van der Waals surface area contributed by atoms with E-state index in [4.69, 9.17) is 4.52 Å². The molecular weight excluding hydrogens is 381 g/mol. The van der Waals surface area contributed by atoms with Crippen LogP contribution in [0.4, 0.5) is 4.39 Å². The summed E-state index contributed by atoms with van der Waals surface area (Å²) in [6, 6.07) is 6.12. The lowest BCUT2D eigenvalue weighted by atomic mass is 9.49. The number of benzene rings is 1. The van der Waals surface area contributed by atoms with Gasteiger partial charge in [0, 0.05) is 18.7 Å². The summed E-state index contributed by atoms with van der Waals surface area (Å²) in [7, 11) is 0. The second kappa shape index (κ2) is 6.89. The number of aromatic nitrogens is 2. The molecule has 1 atom stereocenters. The van der Waals surface area contributed by atoms with Gasteiger partial charge in [-0.2, -0.15) is 4.98 Å². The Labute approximate surface area is 176 Å². The van der Waals surface area contributed by atoms with Crippen LogP contribution in [-0.2, 0) is 4.79 Å². The minimum Gasteiger partial charge on any atom is -0.341 e. The Balaban J connectivity index is 1.19. The average molecular weight is 410 g/mol. The molecule has 4 saturated carbocycles. The Morgan fingerprint density at radius 3 is 2.40 bits per heavy atom. The molecule has 2 aromatic rings. The molecule has 30 heavy (non-hydrogen) atoms. The van der Waals surface area contributed by atoms with Crippen molar-refractivity contribution in [1.29, 1.82) is 0 Å². The molecule has 0 N–H and O–H groups in total. The fraction of sp³-hybridized carbons (Fsp3) is 0.625. The van der Waals surface area contributed by atoms with E-state index in [0.29, 0.717) is 24.2 Å². The number of carbonyl (C=O) groups is 1. The van der Waals surface area contributed by atoms with Crippen molar-refractivity contribution in [3.8, 4) is 11.4 Å². The van der Waals surface area contributed by atoms with Gasteiger partial charge in [0.25, 0.3) is 0 Å². The van der Waals surface area contributed by atoms with Crippen LogP contribution in [0.15, 0.2) is 28.8 Å². The minimum absolute atomic E-state index is 0.0818. The first kappa shape index (κ1) is 18.5. The van der Waals surface area contributed by atoms with E-state index >= 15 is 0 Å². The molecule has 1 aliphatic heterocycles. The molecule has 4 aliphatic carbocycles. The fourth-order valence-corrected chi connectivity index (χ4v) is 7.19. The van der Waals surface area contributed by atoms with Gasteiger partial charge in [-0.15, -0.1) is 0 Å². The summed E-state index contributed by atoms with van der Waals surface area (Å²) < 4.78 is 18.8. The van der Waals surface area contributed by atoms with Gasteiger partial charge in [-0.3, -0.25) is 4.79 Å². The molecule has 7 rings (SSSR count). The highest BCUT2D eigenvalue weighted by Gasteiger charge is 2.55. The number of hydrogen-bond acceptors (Lipinski definition) is 4. The highest BCUT2D eigenvalue weighted by molar-refractivity contribution is 5.83. The highest BCUT2D eigenvalue weighted by atomic mass is 19.1. The smallest absolute Gasteiger partial charge is 0.231 e. The van der Waals surface area contributed by atoms with Crippen molar-refractivity contribution < 1.29 is 13.7 Å². The number of amides is 1. The summed E-state index contributed by atoms with van der Waals surface area (Å²) in [5, 5.41) is 4.10. The predicted molar refractivity (Wildman–Crippen MR) is 109 cm³/mol. The monoisotopic (exact) mass is 409 g/mol. The van der Waals surface area contributed by atoms with Crippen molar-refractivity contribution in [3.05, 3.63) is 36.0 Å². The highest BCUT2D eigenvalue weighted by Crippen LogP contribution is 2.60. The SMILES string of the molecule is O=C(N1CCC[C@@H](c2nc(-c3ccc(F)cc3)no2)C1)C12CC3CC(CC(C3)C1)C2. The average Bonchev–Trinajstić information content (AvgIpc) is 3.23. The van der Waals surface area contributed by atoms with Crippen LogP contribution >= 0.6 is 0 Å². The molecule has 1 saturated heterocycles. The topological polar surface area (TPSA) is 59.2 Å². The molecule has 1 aromatic carbocycles. The third kappa shape index (κ3) is 3.07. The second-order valence-electron chi connectivity index (χ2n) is 10.3. The lowest BCUT2D eigenvalue weighted by molar-refractivity contribution is -0.159. The van der Waals surface area contributed by atoms with E-state index in [1.165, 1.54) is 31.4 Å². The van der Waals surface area contributed by atoms with Gasteiger partial charge in [-0.25, -0.2) is 4.39 Å². The van der Waals surface area contributed by atoms with E-state index in [9.17, 15) is 9.18 Å². The lowest BCUT2D eigenvalue weighted by Crippen LogP contribution is -2.55. The van der Waals surface area contributed by atoms with Crippen molar-refractivity contribution in [1.82, 2.24) is 15.0 Å². The third-order valence-electron chi connectivity index (χ3n) is 8.09. The van der Waals surface area contributed by atoms with Gasteiger partial charge < -0.3 is 9.42 Å². The van der Waals surface area contributed by atoms with Crippen LogP contribution in [-0.4, -0.2) is 34.0 Å². The molecule has 1 aromatic heterocycles. The molecule has 0 spiro atoms. The van der Waals surface area contributed by atoms with Gasteiger partial charge in [0.2, 0.25) is 17.6 Å². The molecule has 5 nitrogen and oxygen atoms in total. The second-order valence-corrected chi connectivity index (χ2v) is 10.3. The standard InChI is InChI=1S/C24H28FN3O2/c25-20-5-3-18(4-6-20)21-26-22(30-27-21)19-2-1-7-28(14-19)23(29)24-11-15-8-16(12-24)10-17(9-15)13-24/h3-6,15-17,19H,1-2,7-14H2/t15?,16?,17?,19-,24?/m1/s1. The number of piperidine rings is 1. The van der Waals surface area contributed by atoms with Gasteiger partial charge in [0.05, 0.1) is 11.3 Å². The van der Waals surface area contributed by atoms with Crippen molar-refractivity contribution >= 4 is 5.91 Å². The maximum absolute atomic E-state index is 13.7. The predicted octanol–water partition coefficient (Wildman–Crippen LogP) is 4.80. The zero-order chi connectivity index (χ0) is 20.3. The Hall–Kier alpha value is -2.24. The van der Waals surface area contributed by atoms with Gasteiger partial charge in [0.15, 0.2) is 0 Å². The van der Waals surface area contributed by atoms with E-state index in [2.05, 4.69) is 15.0 Å². The number of halogens is 1. The van der Waals surface area contributed by atoms with Crippen molar-refractivity contribution in [2.45, 2.75) is 57.3 Å². The van der Waals surface area contributed by atoms with Crippen LogP contribution in [0.1, 0.15) is 63.2 Å². The molecule has 0 unspecified atom stereocenters. The number of nitrogens with zero attached hydrogens (tertiary/aromatic N) is 3. The molecule has 0 radical (unpaired) electrons. The Kier molecular flexibility index (Phi) is 4.26. The number of likely N-dealkylation sites (tertiary alicyclic amines) is 1. The van der Waals surface area contributed by atoms with E-state index in [1.54, 1.807) is 12.1 Å². The normalized spacial score (nSPS) is 35.0. The Morgan fingerprint density at radius 1 is 1.07 bits per heavy atom. The van der Waals surface area contributed by atoms with E-state index in [0.717, 1.165) is 62.0 Å². The summed E-state index contributed by atoms with van der Waals surface area (Å²) in [4.78, 5) is 20.4. The van der Waals surface area contributed by atoms with E-state index < -0.39 is 0 Å². The quantitative estimate of drug-likeness (QED) is 0.731. The third-order valence-corrected chi connectivity index (χ3v) is 8.09. The maximum Gasteiger partial charge on any atom is 0.231 e. The van der Waals surface area contributed by atoms with Gasteiger partial charge in [-0.1, -0.05) is 5.16 Å². The number of carbonyl (C=O) groups excluding carboxylic acids is 1. The van der Waals surface area contributed by atoms with E-state index in [-0.39, 0.29) is 17.2 Å². The van der Waals surface area contributed by atoms with Crippen LogP contribution in [0.5, 0.6) is 0 Å². The molecule has 158 valence electrons. The molecule has 6 heteroatoms. The van der Waals surface area contributed by atoms with Gasteiger partial charge >= 0.3 is 0 Å². The van der Waals surface area contributed by atoms with Crippen LogP contribution in [0.25, 0.3) is 11.4 Å². The first-order chi connectivity index (χ1) is 14.6. The van der Waals surface area contributed by atoms with Crippen LogP contribution in [0.3, 0.4) is 0 Å². The number of hydrogen-bond donors (Lipinski definition) is 0. The molecule has 1 amide bonds. The molecular formula is C24H28FN3O2. The molecule has 4 bridgehead atoms. The van der Waals surface area contributed by atoms with Crippen LogP contribution in [0.2, 0.25) is 0 Å². The zero-order valence-corrected chi connectivity index (χ0v) is 17.2. The van der Waals surface area contributed by atoms with Crippen molar-refractivity contribution in [3.63, 3.8) is 0 Å². The van der Waals surface area contributed by atoms with Gasteiger partial charge in [0.1, 0.15) is 5.82 Å². The number of rotatable bonds is 3. The van der Waals surface area contributed by atoms with Crippen LogP contribution < -0.4 is 0 Å². The maximum atomic E-state index is 13.7. The Bertz CT molecular complexity index is 918. The summed E-state index contributed by atoms with van der Waals surface area (Å²) in [6.07, 6.45) is 9.29. The molecule has 2 heterocycles. The zero-order valence-electron chi connectivity index (χ0n) is 17.2. The van der Waals surface area contributed by atoms with Crippen LogP contribution in [0, 0.1) is 29.0 Å². The summed E-state index contributed by atoms with van der Waals surface area (Å²) in [6.45, 7) is 1.52. The van der Waals surface area contributed by atoms with E-state index in [1.807, 2.05) is 0 Å². The summed E-state index contributed by atoms with van der Waals surface area (Å²) in [5.74, 6) is 3.59. The Morgan fingerprint density at radius 2 is 1.73 bits per heavy atom. The van der Waals surface area contributed by atoms with Crippen molar-refractivity contribution in [2.75, 3.05) is 13.1 Å². The minimum atomic E-state index is -0.284. The lowest BCUT2D eigenvalue weighted by Gasteiger charge is -2.57. The molecule has 5 fully saturated rings. The largest absolute Gasteiger partial charge is 0.341 e. The van der Waals surface area contributed by atoms with Crippen molar-refractivity contribution in [2.24, 2.45) is 23.2 Å². The molecule has 5 aliphatic rings.